The molecule has 0 unspecified atom stereocenters. The summed E-state index contributed by atoms with van der Waals surface area (Å²) in [5, 5.41) is 12.0. The number of hydrogen-bond donors (Lipinski definition) is 2. The van der Waals surface area contributed by atoms with Gasteiger partial charge in [-0.25, -0.2) is 9.69 Å². The Morgan fingerprint density at radius 1 is 1.18 bits per heavy atom. The van der Waals surface area contributed by atoms with Gasteiger partial charge in [-0.1, -0.05) is 23.7 Å². The lowest BCUT2D eigenvalue weighted by atomic mass is 10.0. The number of amides is 4. The Morgan fingerprint density at radius 3 is 2.57 bits per heavy atom. The van der Waals surface area contributed by atoms with Gasteiger partial charge in [-0.2, -0.15) is 0 Å². The van der Waals surface area contributed by atoms with E-state index in [4.69, 9.17) is 16.3 Å². The third-order valence-electron chi connectivity index (χ3n) is 4.50. The standard InChI is InChI=1S/C20H17ClN2O5/c1-10-5-4-6-15(11(10)2)23-19(26)13(18(25)22-20(23)27)7-12-8-14(21)17(24)16(9-12)28-3/h4-9,24H,1-3H3,(H,22,25,27)/b13-7+. The Morgan fingerprint density at radius 2 is 1.89 bits per heavy atom. The number of aryl methyl sites for hydroxylation is 1. The van der Waals surface area contributed by atoms with Gasteiger partial charge in [-0.3, -0.25) is 14.9 Å². The van der Waals surface area contributed by atoms with Crippen LogP contribution in [-0.4, -0.2) is 30.1 Å². The van der Waals surface area contributed by atoms with Crippen molar-refractivity contribution in [3.05, 3.63) is 57.6 Å². The molecule has 28 heavy (non-hydrogen) atoms. The molecule has 1 aliphatic heterocycles. The second-order valence-electron chi connectivity index (χ2n) is 6.23. The molecule has 0 spiro atoms. The summed E-state index contributed by atoms with van der Waals surface area (Å²) in [4.78, 5) is 38.6. The van der Waals surface area contributed by atoms with Crippen LogP contribution in [0, 0.1) is 13.8 Å². The highest BCUT2D eigenvalue weighted by atomic mass is 35.5. The van der Waals surface area contributed by atoms with E-state index in [1.165, 1.54) is 25.3 Å². The number of carbonyl (C=O) groups excluding carboxylic acids is 3. The van der Waals surface area contributed by atoms with Crippen molar-refractivity contribution >= 4 is 41.2 Å². The summed E-state index contributed by atoms with van der Waals surface area (Å²) >= 11 is 5.96. The van der Waals surface area contributed by atoms with Crippen LogP contribution >= 0.6 is 11.6 Å². The summed E-state index contributed by atoms with van der Waals surface area (Å²) in [6.45, 7) is 3.65. The summed E-state index contributed by atoms with van der Waals surface area (Å²) in [6, 6.07) is 7.20. The smallest absolute Gasteiger partial charge is 0.335 e. The van der Waals surface area contributed by atoms with Gasteiger partial charge in [0.1, 0.15) is 5.57 Å². The molecule has 4 amide bonds. The van der Waals surface area contributed by atoms with Gasteiger partial charge in [-0.15, -0.1) is 0 Å². The predicted molar refractivity (Wildman–Crippen MR) is 105 cm³/mol. The fourth-order valence-electron chi connectivity index (χ4n) is 2.85. The normalized spacial score (nSPS) is 15.8. The Bertz CT molecular complexity index is 1050. The quantitative estimate of drug-likeness (QED) is 0.608. The fourth-order valence-corrected chi connectivity index (χ4v) is 3.07. The van der Waals surface area contributed by atoms with Crippen molar-refractivity contribution in [2.45, 2.75) is 13.8 Å². The van der Waals surface area contributed by atoms with Gasteiger partial charge >= 0.3 is 6.03 Å². The van der Waals surface area contributed by atoms with E-state index in [1.54, 1.807) is 19.1 Å². The third kappa shape index (κ3) is 3.32. The Hall–Kier alpha value is -3.32. The second kappa shape index (κ2) is 7.36. The van der Waals surface area contributed by atoms with Crippen LogP contribution in [0.1, 0.15) is 16.7 Å². The molecule has 144 valence electrons. The summed E-state index contributed by atoms with van der Waals surface area (Å²) in [5.41, 5.74) is 2.14. The molecule has 0 saturated carbocycles. The van der Waals surface area contributed by atoms with Crippen molar-refractivity contribution in [1.29, 1.82) is 0 Å². The number of nitrogens with zero attached hydrogens (tertiary/aromatic N) is 1. The molecule has 1 heterocycles. The highest BCUT2D eigenvalue weighted by Crippen LogP contribution is 2.36. The zero-order valence-corrected chi connectivity index (χ0v) is 16.1. The van der Waals surface area contributed by atoms with E-state index in [2.05, 4.69) is 5.32 Å². The number of urea groups is 1. The zero-order valence-electron chi connectivity index (χ0n) is 15.4. The van der Waals surface area contributed by atoms with E-state index < -0.39 is 17.8 Å². The number of ether oxygens (including phenoxy) is 1. The minimum absolute atomic E-state index is 0.00247. The van der Waals surface area contributed by atoms with Gasteiger partial charge < -0.3 is 9.84 Å². The molecular weight excluding hydrogens is 384 g/mol. The summed E-state index contributed by atoms with van der Waals surface area (Å²) in [6.07, 6.45) is 1.29. The number of phenolic OH excluding ortho intramolecular Hbond substituents is 1. The monoisotopic (exact) mass is 400 g/mol. The van der Waals surface area contributed by atoms with Crippen LogP contribution in [0.2, 0.25) is 5.02 Å². The predicted octanol–water partition coefficient (Wildman–Crippen LogP) is 3.34. The molecule has 1 saturated heterocycles. The lowest BCUT2D eigenvalue weighted by Crippen LogP contribution is -2.54. The first-order chi connectivity index (χ1) is 13.2. The number of nitrogens with one attached hydrogen (secondary N) is 1. The maximum Gasteiger partial charge on any atom is 0.335 e. The number of carbonyl (C=O) groups is 3. The molecule has 3 rings (SSSR count). The average Bonchev–Trinajstić information content (AvgIpc) is 2.64. The Labute approximate surface area is 166 Å². The highest BCUT2D eigenvalue weighted by Gasteiger charge is 2.37. The molecule has 1 fully saturated rings. The van der Waals surface area contributed by atoms with Crippen molar-refractivity contribution in [3.8, 4) is 11.5 Å². The van der Waals surface area contributed by atoms with Crippen LogP contribution in [0.5, 0.6) is 11.5 Å². The van der Waals surface area contributed by atoms with Gasteiger partial charge in [0, 0.05) is 0 Å². The number of barbiturate groups is 1. The molecule has 2 aromatic rings. The fraction of sp³-hybridized carbons (Fsp3) is 0.150. The molecule has 0 bridgehead atoms. The van der Waals surface area contributed by atoms with Gasteiger partial charge in [0.25, 0.3) is 11.8 Å². The first kappa shape index (κ1) is 19.4. The van der Waals surface area contributed by atoms with Crippen LogP contribution in [-0.2, 0) is 9.59 Å². The number of anilines is 1. The largest absolute Gasteiger partial charge is 0.503 e. The maximum atomic E-state index is 13.0. The highest BCUT2D eigenvalue weighted by molar-refractivity contribution is 6.39. The first-order valence-corrected chi connectivity index (χ1v) is 8.66. The van der Waals surface area contributed by atoms with E-state index in [0.717, 1.165) is 16.0 Å². The minimum atomic E-state index is -0.820. The average molecular weight is 401 g/mol. The van der Waals surface area contributed by atoms with Gasteiger partial charge in [0.2, 0.25) is 0 Å². The lowest BCUT2D eigenvalue weighted by Gasteiger charge is -2.28. The van der Waals surface area contributed by atoms with Crippen LogP contribution in [0.3, 0.4) is 0 Å². The van der Waals surface area contributed by atoms with E-state index >= 15 is 0 Å². The summed E-state index contributed by atoms with van der Waals surface area (Å²) in [5.74, 6) is -1.74. The van der Waals surface area contributed by atoms with Crippen LogP contribution in [0.25, 0.3) is 6.08 Å². The van der Waals surface area contributed by atoms with E-state index in [-0.39, 0.29) is 22.1 Å². The number of halogens is 1. The lowest BCUT2D eigenvalue weighted by molar-refractivity contribution is -0.122. The van der Waals surface area contributed by atoms with Gasteiger partial charge in [0.05, 0.1) is 17.8 Å². The Balaban J connectivity index is 2.09. The molecule has 0 aliphatic carbocycles. The number of imide groups is 2. The van der Waals surface area contributed by atoms with Crippen molar-refractivity contribution in [3.63, 3.8) is 0 Å². The van der Waals surface area contributed by atoms with Gasteiger partial charge in [-0.05, 0) is 54.8 Å². The van der Waals surface area contributed by atoms with Crippen LogP contribution in [0.4, 0.5) is 10.5 Å². The minimum Gasteiger partial charge on any atom is -0.503 e. The van der Waals surface area contributed by atoms with Crippen molar-refractivity contribution in [2.75, 3.05) is 12.0 Å². The number of rotatable bonds is 3. The molecule has 8 heteroatoms. The van der Waals surface area contributed by atoms with Crippen molar-refractivity contribution in [2.24, 2.45) is 0 Å². The van der Waals surface area contributed by atoms with Crippen molar-refractivity contribution < 1.29 is 24.2 Å². The van der Waals surface area contributed by atoms with E-state index in [0.29, 0.717) is 11.3 Å². The molecule has 0 atom stereocenters. The molecular formula is C20H17ClN2O5. The summed E-state index contributed by atoms with van der Waals surface area (Å²) in [7, 11) is 1.35. The van der Waals surface area contributed by atoms with E-state index in [9.17, 15) is 19.5 Å². The zero-order chi connectivity index (χ0) is 20.6. The van der Waals surface area contributed by atoms with Crippen LogP contribution in [0.15, 0.2) is 35.9 Å². The number of phenols is 1. The molecule has 2 aromatic carbocycles. The van der Waals surface area contributed by atoms with Crippen molar-refractivity contribution in [1.82, 2.24) is 5.32 Å². The van der Waals surface area contributed by atoms with Crippen LogP contribution < -0.4 is 15.0 Å². The molecule has 1 aliphatic rings. The molecule has 0 radical (unpaired) electrons. The van der Waals surface area contributed by atoms with E-state index in [1.807, 2.05) is 13.0 Å². The SMILES string of the molecule is COc1cc(/C=C2\C(=O)NC(=O)N(c3cccc(C)c3C)C2=O)cc(Cl)c1O. The molecule has 0 aromatic heterocycles. The Kier molecular flexibility index (Phi) is 5.11. The van der Waals surface area contributed by atoms with Gasteiger partial charge in [0.15, 0.2) is 11.5 Å². The second-order valence-corrected chi connectivity index (χ2v) is 6.64. The molecule has 7 nitrogen and oxygen atoms in total. The third-order valence-corrected chi connectivity index (χ3v) is 4.79. The topological polar surface area (TPSA) is 95.9 Å². The molecule has 2 N–H and O–H groups in total. The maximum absolute atomic E-state index is 13.0. The number of aromatic hydroxyl groups is 1. The summed E-state index contributed by atoms with van der Waals surface area (Å²) < 4.78 is 5.03. The number of benzene rings is 2. The first-order valence-electron chi connectivity index (χ1n) is 8.28. The number of methoxy groups -OCH3 is 1. The number of hydrogen-bond acceptors (Lipinski definition) is 5.